The number of aromatic nitrogens is 2. The molecule has 4 rings (SSSR count). The summed E-state index contributed by atoms with van der Waals surface area (Å²) in [5.41, 5.74) is 2.20. The summed E-state index contributed by atoms with van der Waals surface area (Å²) >= 11 is 0. The van der Waals surface area contributed by atoms with Gasteiger partial charge < -0.3 is 15.0 Å². The van der Waals surface area contributed by atoms with Crippen molar-refractivity contribution in [1.29, 1.82) is 0 Å². The third kappa shape index (κ3) is 6.40. The topological polar surface area (TPSA) is 131 Å². The number of carbonyl (C=O) groups is 4. The van der Waals surface area contributed by atoms with Crippen molar-refractivity contribution in [2.45, 2.75) is 57.5 Å². The summed E-state index contributed by atoms with van der Waals surface area (Å²) < 4.78 is 5.86. The molecule has 1 aromatic carbocycles. The van der Waals surface area contributed by atoms with Crippen LogP contribution < -0.4 is 15.4 Å². The van der Waals surface area contributed by atoms with Crippen LogP contribution >= 0.6 is 0 Å². The number of imide groups is 1. The van der Waals surface area contributed by atoms with Crippen LogP contribution in [0.3, 0.4) is 0 Å². The molecule has 0 aliphatic carbocycles. The first-order valence-electron chi connectivity index (χ1n) is 11.9. The van der Waals surface area contributed by atoms with Crippen molar-refractivity contribution in [3.05, 3.63) is 53.6 Å². The monoisotopic (exact) mass is 479 g/mol. The van der Waals surface area contributed by atoms with E-state index < -0.39 is 11.9 Å². The van der Waals surface area contributed by atoms with Crippen molar-refractivity contribution in [3.63, 3.8) is 0 Å². The van der Waals surface area contributed by atoms with Gasteiger partial charge in [-0.15, -0.1) is 0 Å². The molecule has 1 aromatic heterocycles. The lowest BCUT2D eigenvalue weighted by Gasteiger charge is -2.29. The quantitative estimate of drug-likeness (QED) is 0.369. The van der Waals surface area contributed by atoms with Gasteiger partial charge in [0.15, 0.2) is 0 Å². The molecule has 0 spiro atoms. The molecule has 3 heterocycles. The van der Waals surface area contributed by atoms with E-state index in [-0.39, 0.29) is 30.6 Å². The zero-order chi connectivity index (χ0) is 24.6. The van der Waals surface area contributed by atoms with Gasteiger partial charge >= 0.3 is 0 Å². The molecule has 2 aromatic rings. The van der Waals surface area contributed by atoms with Crippen molar-refractivity contribution in [1.82, 2.24) is 25.5 Å². The maximum atomic E-state index is 12.7. The summed E-state index contributed by atoms with van der Waals surface area (Å²) in [6, 6.07) is 4.75. The number of piperidine rings is 1. The molecule has 10 heteroatoms. The number of rotatable bonds is 11. The SMILES string of the molecule is O=C(Cc1cncnc1)NCCCCCCOc1ccc2c(c1)CN(C1CCC(=O)NC1=O)C2=O. The van der Waals surface area contributed by atoms with E-state index in [2.05, 4.69) is 20.6 Å². The highest BCUT2D eigenvalue weighted by atomic mass is 16.5. The Balaban J connectivity index is 1.12. The van der Waals surface area contributed by atoms with Crippen molar-refractivity contribution in [2.75, 3.05) is 13.2 Å². The lowest BCUT2D eigenvalue weighted by atomic mass is 10.0. The van der Waals surface area contributed by atoms with Gasteiger partial charge in [0.2, 0.25) is 17.7 Å². The molecule has 0 radical (unpaired) electrons. The average Bonchev–Trinajstić information content (AvgIpc) is 3.17. The van der Waals surface area contributed by atoms with Gasteiger partial charge in [0.25, 0.3) is 5.91 Å². The van der Waals surface area contributed by atoms with Crippen LogP contribution in [0.15, 0.2) is 36.9 Å². The van der Waals surface area contributed by atoms with Crippen LogP contribution in [-0.2, 0) is 27.3 Å². The molecule has 184 valence electrons. The highest BCUT2D eigenvalue weighted by Gasteiger charge is 2.39. The molecular formula is C25H29N5O5. The number of nitrogens with zero attached hydrogens (tertiary/aromatic N) is 3. The predicted molar refractivity (Wildman–Crippen MR) is 125 cm³/mol. The van der Waals surface area contributed by atoms with Crippen LogP contribution in [0.4, 0.5) is 0 Å². The minimum Gasteiger partial charge on any atom is -0.494 e. The number of hydrogen-bond acceptors (Lipinski definition) is 7. The van der Waals surface area contributed by atoms with Crippen LogP contribution in [0.25, 0.3) is 0 Å². The summed E-state index contributed by atoms with van der Waals surface area (Å²) in [6.45, 7) is 1.53. The second kappa shape index (κ2) is 11.5. The predicted octanol–water partition coefficient (Wildman–Crippen LogP) is 1.54. The fraction of sp³-hybridized carbons (Fsp3) is 0.440. The number of ether oxygens (including phenoxy) is 1. The number of amides is 4. The number of hydrogen-bond donors (Lipinski definition) is 2. The van der Waals surface area contributed by atoms with E-state index >= 15 is 0 Å². The molecule has 2 aliphatic rings. The molecule has 2 N–H and O–H groups in total. The Kier molecular flexibility index (Phi) is 8.02. The standard InChI is InChI=1S/C25H29N5O5/c31-22-8-7-21(24(33)29-22)30-15-18-12-19(5-6-20(18)25(30)34)35-10-4-2-1-3-9-28-23(32)11-17-13-26-16-27-14-17/h5-6,12-14,16,21H,1-4,7-11,15H2,(H,28,32)(H,29,31,33). The van der Waals surface area contributed by atoms with E-state index in [4.69, 9.17) is 4.74 Å². The molecule has 1 fully saturated rings. The summed E-state index contributed by atoms with van der Waals surface area (Å²) in [5.74, 6) is -0.239. The van der Waals surface area contributed by atoms with E-state index in [0.29, 0.717) is 37.4 Å². The van der Waals surface area contributed by atoms with E-state index in [0.717, 1.165) is 36.8 Å². The molecule has 35 heavy (non-hydrogen) atoms. The van der Waals surface area contributed by atoms with Gasteiger partial charge in [0.1, 0.15) is 18.1 Å². The zero-order valence-electron chi connectivity index (χ0n) is 19.5. The van der Waals surface area contributed by atoms with Crippen LogP contribution in [0.5, 0.6) is 5.75 Å². The van der Waals surface area contributed by atoms with E-state index in [1.54, 1.807) is 24.5 Å². The third-order valence-electron chi connectivity index (χ3n) is 6.14. The average molecular weight is 480 g/mol. The molecule has 1 unspecified atom stereocenters. The molecule has 2 aliphatic heterocycles. The lowest BCUT2D eigenvalue weighted by Crippen LogP contribution is -2.52. The summed E-state index contributed by atoms with van der Waals surface area (Å²) in [7, 11) is 0. The number of fused-ring (bicyclic) bond motifs is 1. The molecule has 4 amide bonds. The maximum absolute atomic E-state index is 12.7. The van der Waals surface area contributed by atoms with Crippen molar-refractivity contribution < 1.29 is 23.9 Å². The van der Waals surface area contributed by atoms with Crippen LogP contribution in [-0.4, -0.2) is 57.7 Å². The van der Waals surface area contributed by atoms with E-state index in [9.17, 15) is 19.2 Å². The van der Waals surface area contributed by atoms with Crippen LogP contribution in [0.1, 0.15) is 60.0 Å². The van der Waals surface area contributed by atoms with E-state index in [1.165, 1.54) is 11.2 Å². The lowest BCUT2D eigenvalue weighted by molar-refractivity contribution is -0.137. The second-order valence-electron chi connectivity index (χ2n) is 8.76. The van der Waals surface area contributed by atoms with Gasteiger partial charge in [0, 0.05) is 37.5 Å². The summed E-state index contributed by atoms with van der Waals surface area (Å²) in [5, 5.41) is 5.22. The Bertz CT molecular complexity index is 1090. The molecular weight excluding hydrogens is 450 g/mol. The van der Waals surface area contributed by atoms with Gasteiger partial charge in [-0.2, -0.15) is 0 Å². The number of unbranched alkanes of at least 4 members (excludes halogenated alkanes) is 3. The Morgan fingerprint density at radius 3 is 2.71 bits per heavy atom. The molecule has 0 saturated carbocycles. The largest absolute Gasteiger partial charge is 0.494 e. The Morgan fingerprint density at radius 2 is 1.91 bits per heavy atom. The fourth-order valence-electron chi connectivity index (χ4n) is 4.31. The van der Waals surface area contributed by atoms with Crippen LogP contribution in [0, 0.1) is 0 Å². The van der Waals surface area contributed by atoms with Gasteiger partial charge in [-0.3, -0.25) is 24.5 Å². The first-order valence-corrected chi connectivity index (χ1v) is 11.9. The number of nitrogens with one attached hydrogen (secondary N) is 2. The van der Waals surface area contributed by atoms with Crippen LogP contribution in [0.2, 0.25) is 0 Å². The number of carbonyl (C=O) groups excluding carboxylic acids is 4. The highest BCUT2D eigenvalue weighted by Crippen LogP contribution is 2.30. The first kappa shape index (κ1) is 24.3. The molecule has 1 saturated heterocycles. The van der Waals surface area contributed by atoms with Crippen molar-refractivity contribution in [2.24, 2.45) is 0 Å². The first-order chi connectivity index (χ1) is 17.0. The minimum atomic E-state index is -0.617. The highest BCUT2D eigenvalue weighted by molar-refractivity contribution is 6.05. The molecule has 10 nitrogen and oxygen atoms in total. The second-order valence-corrected chi connectivity index (χ2v) is 8.76. The fourth-order valence-corrected chi connectivity index (χ4v) is 4.31. The summed E-state index contributed by atoms with van der Waals surface area (Å²) in [6.07, 6.45) is 9.33. The van der Waals surface area contributed by atoms with Gasteiger partial charge in [-0.1, -0.05) is 12.8 Å². The van der Waals surface area contributed by atoms with Crippen molar-refractivity contribution in [3.8, 4) is 5.75 Å². The number of benzene rings is 1. The Labute approximate surface area is 203 Å². The van der Waals surface area contributed by atoms with E-state index in [1.807, 2.05) is 6.07 Å². The van der Waals surface area contributed by atoms with Gasteiger partial charge in [0.05, 0.1) is 13.0 Å². The van der Waals surface area contributed by atoms with Crippen molar-refractivity contribution >= 4 is 23.6 Å². The van der Waals surface area contributed by atoms with Gasteiger partial charge in [-0.05, 0) is 48.6 Å². The smallest absolute Gasteiger partial charge is 0.255 e. The minimum absolute atomic E-state index is 0.0330. The Morgan fingerprint density at radius 1 is 1.11 bits per heavy atom. The summed E-state index contributed by atoms with van der Waals surface area (Å²) in [4.78, 5) is 57.5. The maximum Gasteiger partial charge on any atom is 0.255 e. The third-order valence-corrected chi connectivity index (χ3v) is 6.14. The molecule has 1 atom stereocenters. The normalized spacial score (nSPS) is 17.2. The zero-order valence-corrected chi connectivity index (χ0v) is 19.5. The molecule has 0 bridgehead atoms. The Hall–Kier alpha value is -3.82. The van der Waals surface area contributed by atoms with Gasteiger partial charge in [-0.25, -0.2) is 9.97 Å².